The first kappa shape index (κ1) is 34.6. The third-order valence-electron chi connectivity index (χ3n) is 10.1. The predicted octanol–water partition coefficient (Wildman–Crippen LogP) is 5.20. The molecule has 5 atom stereocenters. The number of rotatable bonds is 3. The van der Waals surface area contributed by atoms with Gasteiger partial charge in [0.05, 0.1) is 18.8 Å². The Balaban J connectivity index is 1.36. The molecule has 1 saturated carbocycles. The highest BCUT2D eigenvalue weighted by molar-refractivity contribution is 5.97. The second kappa shape index (κ2) is 13.2. The molecule has 4 heterocycles. The lowest BCUT2D eigenvalue weighted by Gasteiger charge is -2.36. The first-order chi connectivity index (χ1) is 23.3. The van der Waals surface area contributed by atoms with Crippen molar-refractivity contribution in [1.29, 1.82) is 0 Å². The van der Waals surface area contributed by atoms with Crippen molar-refractivity contribution in [3.05, 3.63) is 47.4 Å². The highest BCUT2D eigenvalue weighted by Crippen LogP contribution is 2.48. The van der Waals surface area contributed by atoms with Gasteiger partial charge in [0.1, 0.15) is 45.9 Å². The van der Waals surface area contributed by atoms with Gasteiger partial charge in [-0.15, -0.1) is 0 Å². The van der Waals surface area contributed by atoms with Crippen LogP contribution in [0.3, 0.4) is 0 Å². The standard InChI is InChI=1S/C37H47FN4O7/c1-6-47-33(45)37-19-23(37)13-10-8-7-9-11-16-27(40-34(46)49-35(3,4)5)32(44)42-21-36(20-28(42)31(43)41-37)18-17-25-24-14-12-15-26(38)29(24)39-22(2)30(25)48-36/h10,12-15,23,27-28H,6-9,11,16-21H2,1-5H3,(H,40,46)(H,41,43)/b13-10-/t23-,27+,28+,36-,37-/m1/s1. The van der Waals surface area contributed by atoms with Crippen molar-refractivity contribution in [2.24, 2.45) is 5.92 Å². The summed E-state index contributed by atoms with van der Waals surface area (Å²) in [5, 5.41) is 6.46. The predicted molar refractivity (Wildman–Crippen MR) is 179 cm³/mol. The Morgan fingerprint density at radius 3 is 2.73 bits per heavy atom. The van der Waals surface area contributed by atoms with E-state index in [2.05, 4.69) is 15.6 Å². The summed E-state index contributed by atoms with van der Waals surface area (Å²) >= 11 is 0. The van der Waals surface area contributed by atoms with E-state index in [-0.39, 0.29) is 31.0 Å². The molecule has 11 nitrogen and oxygen atoms in total. The van der Waals surface area contributed by atoms with Crippen LogP contribution in [0.2, 0.25) is 0 Å². The zero-order chi connectivity index (χ0) is 35.1. The van der Waals surface area contributed by atoms with Crippen LogP contribution < -0.4 is 15.4 Å². The van der Waals surface area contributed by atoms with Crippen molar-refractivity contribution in [3.63, 3.8) is 0 Å². The smallest absolute Gasteiger partial charge is 0.408 e. The van der Waals surface area contributed by atoms with Gasteiger partial charge in [-0.05, 0) is 79.2 Å². The molecule has 4 aliphatic rings. The van der Waals surface area contributed by atoms with E-state index >= 15 is 0 Å². The molecule has 0 bridgehead atoms. The number of nitrogens with zero attached hydrogens (tertiary/aromatic N) is 2. The minimum Gasteiger partial charge on any atom is -0.483 e. The minimum atomic E-state index is -1.22. The number of para-hydroxylation sites is 1. The van der Waals surface area contributed by atoms with Gasteiger partial charge in [0, 0.05) is 23.3 Å². The molecule has 1 saturated heterocycles. The first-order valence-corrected chi connectivity index (χ1v) is 17.5. The number of pyridine rings is 1. The van der Waals surface area contributed by atoms with Crippen LogP contribution in [-0.2, 0) is 30.3 Å². The maximum atomic E-state index is 14.7. The molecule has 0 unspecified atom stereocenters. The lowest BCUT2D eigenvalue weighted by Crippen LogP contribution is -2.57. The Kier molecular flexibility index (Phi) is 9.36. The molecule has 1 spiro atoms. The number of aromatic nitrogens is 1. The van der Waals surface area contributed by atoms with Gasteiger partial charge < -0.3 is 29.7 Å². The number of ether oxygens (including phenoxy) is 3. The topological polar surface area (TPSA) is 136 Å². The molecule has 264 valence electrons. The van der Waals surface area contributed by atoms with Gasteiger partial charge in [-0.3, -0.25) is 9.59 Å². The molecule has 2 fully saturated rings. The molecular formula is C37H47FN4O7. The summed E-state index contributed by atoms with van der Waals surface area (Å²) < 4.78 is 32.4. The van der Waals surface area contributed by atoms with E-state index in [1.165, 1.54) is 11.0 Å². The third-order valence-corrected chi connectivity index (χ3v) is 10.1. The van der Waals surface area contributed by atoms with Gasteiger partial charge in [-0.1, -0.05) is 37.1 Å². The van der Waals surface area contributed by atoms with Crippen LogP contribution in [0.4, 0.5) is 9.18 Å². The first-order valence-electron chi connectivity index (χ1n) is 17.5. The van der Waals surface area contributed by atoms with Crippen LogP contribution in [-0.4, -0.2) is 75.7 Å². The Hall–Kier alpha value is -4.22. The molecule has 1 aliphatic carbocycles. The monoisotopic (exact) mass is 678 g/mol. The van der Waals surface area contributed by atoms with Crippen LogP contribution in [0.15, 0.2) is 30.4 Å². The summed E-state index contributed by atoms with van der Waals surface area (Å²) in [5.74, 6) is -1.50. The fourth-order valence-electron chi connectivity index (χ4n) is 7.57. The molecule has 1 aromatic carbocycles. The second-order valence-electron chi connectivity index (χ2n) is 14.9. The number of alkyl carbamates (subject to hydrolysis) is 1. The van der Waals surface area contributed by atoms with E-state index in [9.17, 15) is 23.6 Å². The number of halogens is 1. The van der Waals surface area contributed by atoms with Crippen LogP contribution >= 0.6 is 0 Å². The van der Waals surface area contributed by atoms with Crippen LogP contribution in [0.5, 0.6) is 5.75 Å². The summed E-state index contributed by atoms with van der Waals surface area (Å²) in [6.45, 7) is 8.98. The van der Waals surface area contributed by atoms with Crippen molar-refractivity contribution in [2.45, 2.75) is 121 Å². The number of benzene rings is 1. The Bertz CT molecular complexity index is 1690. The zero-order valence-electron chi connectivity index (χ0n) is 29.0. The second-order valence-corrected chi connectivity index (χ2v) is 14.9. The van der Waals surface area contributed by atoms with Crippen LogP contribution in [0, 0.1) is 18.7 Å². The van der Waals surface area contributed by atoms with E-state index in [0.717, 1.165) is 24.8 Å². The highest BCUT2D eigenvalue weighted by atomic mass is 19.1. The average Bonchev–Trinajstić information content (AvgIpc) is 3.61. The number of aryl methyl sites for hydroxylation is 2. The minimum absolute atomic E-state index is 0.0756. The number of fused-ring (bicyclic) bond motifs is 5. The SMILES string of the molecule is CCOC(=O)[C@@]12C[C@H]1/C=C\CCCCC[C@H](NC(=O)OC(C)(C)C)C(=O)N1C[C@@]3(CCc4c(c(C)nc5c(F)cccc45)O3)C[C@H]1C(=O)N2. The molecule has 6 rings (SSSR count). The Morgan fingerprint density at radius 2 is 1.98 bits per heavy atom. The van der Waals surface area contributed by atoms with Crippen molar-refractivity contribution in [2.75, 3.05) is 13.2 Å². The number of carbonyl (C=O) groups is 4. The summed E-state index contributed by atoms with van der Waals surface area (Å²) in [7, 11) is 0. The normalized spacial score (nSPS) is 29.3. The number of amides is 3. The van der Waals surface area contributed by atoms with Crippen LogP contribution in [0.1, 0.15) is 90.3 Å². The van der Waals surface area contributed by atoms with Gasteiger partial charge in [-0.2, -0.15) is 0 Å². The van der Waals surface area contributed by atoms with Crippen molar-refractivity contribution < 1.29 is 37.8 Å². The van der Waals surface area contributed by atoms with E-state index in [1.54, 1.807) is 40.7 Å². The van der Waals surface area contributed by atoms with E-state index in [0.29, 0.717) is 48.9 Å². The van der Waals surface area contributed by atoms with Crippen LogP contribution in [0.25, 0.3) is 10.9 Å². The van der Waals surface area contributed by atoms with Crippen molar-refractivity contribution in [3.8, 4) is 5.75 Å². The lowest BCUT2D eigenvalue weighted by molar-refractivity contribution is -0.150. The fraction of sp³-hybridized carbons (Fsp3) is 0.595. The molecular weight excluding hydrogens is 631 g/mol. The summed E-state index contributed by atoms with van der Waals surface area (Å²) in [6, 6.07) is 2.91. The molecule has 3 amide bonds. The maximum Gasteiger partial charge on any atom is 0.408 e. The molecule has 3 aliphatic heterocycles. The van der Waals surface area contributed by atoms with Gasteiger partial charge in [0.25, 0.3) is 0 Å². The fourth-order valence-corrected chi connectivity index (χ4v) is 7.57. The largest absolute Gasteiger partial charge is 0.483 e. The molecule has 49 heavy (non-hydrogen) atoms. The summed E-state index contributed by atoms with van der Waals surface area (Å²) in [5.41, 5.74) is -1.31. The molecule has 12 heteroatoms. The number of hydrogen-bond donors (Lipinski definition) is 2. The Morgan fingerprint density at radius 1 is 1.18 bits per heavy atom. The van der Waals surface area contributed by atoms with Gasteiger partial charge >= 0.3 is 12.1 Å². The number of nitrogens with one attached hydrogen (secondary N) is 2. The lowest BCUT2D eigenvalue weighted by atomic mass is 9.87. The number of allylic oxidation sites excluding steroid dienone is 1. The number of esters is 1. The average molecular weight is 679 g/mol. The maximum absolute atomic E-state index is 14.7. The number of carbonyl (C=O) groups excluding carboxylic acids is 4. The quantitative estimate of drug-likeness (QED) is 0.334. The Labute approximate surface area is 286 Å². The zero-order valence-corrected chi connectivity index (χ0v) is 29.0. The number of hydrogen-bond acceptors (Lipinski definition) is 8. The van der Waals surface area contributed by atoms with Gasteiger partial charge in [-0.25, -0.2) is 19.0 Å². The third kappa shape index (κ3) is 6.96. The van der Waals surface area contributed by atoms with E-state index in [1.807, 2.05) is 18.2 Å². The van der Waals surface area contributed by atoms with E-state index < -0.39 is 58.5 Å². The van der Waals surface area contributed by atoms with Crippen molar-refractivity contribution in [1.82, 2.24) is 20.5 Å². The highest BCUT2D eigenvalue weighted by Gasteiger charge is 2.63. The molecule has 2 aromatic rings. The molecule has 1 aromatic heterocycles. The summed E-state index contributed by atoms with van der Waals surface area (Å²) in [6.07, 6.45) is 8.35. The van der Waals surface area contributed by atoms with Gasteiger partial charge in [0.2, 0.25) is 11.8 Å². The summed E-state index contributed by atoms with van der Waals surface area (Å²) in [4.78, 5) is 61.1. The van der Waals surface area contributed by atoms with Gasteiger partial charge in [0.15, 0.2) is 0 Å². The van der Waals surface area contributed by atoms with E-state index in [4.69, 9.17) is 14.2 Å². The molecule has 0 radical (unpaired) electrons. The van der Waals surface area contributed by atoms with Crippen molar-refractivity contribution >= 4 is 34.8 Å². The molecule has 2 N–H and O–H groups in total.